The quantitative estimate of drug-likeness (QED) is 0.482. The van der Waals surface area contributed by atoms with Crippen LogP contribution in [0.5, 0.6) is 0 Å². The molecule has 5 nitrogen and oxygen atoms in total. The van der Waals surface area contributed by atoms with Crippen molar-refractivity contribution < 1.29 is 14.7 Å². The minimum Gasteiger partial charge on any atom is -0.481 e. The van der Waals surface area contributed by atoms with E-state index in [9.17, 15) is 9.59 Å². The number of amides is 2. The van der Waals surface area contributed by atoms with Crippen LogP contribution in [0.1, 0.15) is 77.3 Å². The van der Waals surface area contributed by atoms with E-state index in [2.05, 4.69) is 51.7 Å². The molecule has 1 fully saturated rings. The largest absolute Gasteiger partial charge is 0.481 e. The number of rotatable bonds is 7. The number of carbonyl (C=O) groups is 2. The van der Waals surface area contributed by atoms with Crippen molar-refractivity contribution in [3.63, 3.8) is 0 Å². The lowest BCUT2D eigenvalue weighted by molar-refractivity contribution is -0.137. The van der Waals surface area contributed by atoms with Crippen LogP contribution in [-0.2, 0) is 16.8 Å². The van der Waals surface area contributed by atoms with Crippen molar-refractivity contribution in [2.45, 2.75) is 78.2 Å². The number of benzene rings is 1. The summed E-state index contributed by atoms with van der Waals surface area (Å²) in [4.78, 5) is 25.6. The lowest BCUT2D eigenvalue weighted by Gasteiger charge is -2.48. The molecule has 1 unspecified atom stereocenters. The number of halogens is 1. The zero-order valence-electron chi connectivity index (χ0n) is 19.6. The van der Waals surface area contributed by atoms with Crippen molar-refractivity contribution in [2.75, 3.05) is 0 Å². The Morgan fingerprint density at radius 1 is 1.34 bits per heavy atom. The summed E-state index contributed by atoms with van der Waals surface area (Å²) in [7, 11) is 0. The summed E-state index contributed by atoms with van der Waals surface area (Å²) in [6.45, 7) is 12.8. The summed E-state index contributed by atoms with van der Waals surface area (Å²) < 4.78 is 0. The van der Waals surface area contributed by atoms with Gasteiger partial charge in [-0.3, -0.25) is 9.69 Å². The van der Waals surface area contributed by atoms with Crippen LogP contribution < -0.4 is 5.32 Å². The van der Waals surface area contributed by atoms with Crippen molar-refractivity contribution in [3.05, 3.63) is 58.4 Å². The summed E-state index contributed by atoms with van der Waals surface area (Å²) in [5.41, 5.74) is 3.38. The van der Waals surface area contributed by atoms with E-state index in [1.165, 1.54) is 4.90 Å². The van der Waals surface area contributed by atoms with Gasteiger partial charge in [-0.05, 0) is 72.6 Å². The number of aryl methyl sites for hydroxylation is 1. The molecule has 1 aliphatic heterocycles. The monoisotopic (exact) mass is 458 g/mol. The van der Waals surface area contributed by atoms with E-state index in [1.54, 1.807) is 0 Å². The van der Waals surface area contributed by atoms with Gasteiger partial charge in [0, 0.05) is 16.9 Å². The number of urea groups is 1. The minimum atomic E-state index is -0.905. The molecule has 0 saturated heterocycles. The van der Waals surface area contributed by atoms with E-state index in [4.69, 9.17) is 16.7 Å². The molecule has 1 aliphatic carbocycles. The maximum absolute atomic E-state index is 13.1. The van der Waals surface area contributed by atoms with Gasteiger partial charge in [-0.1, -0.05) is 58.0 Å². The van der Waals surface area contributed by atoms with Crippen molar-refractivity contribution in [2.24, 2.45) is 11.3 Å². The molecule has 1 aromatic rings. The summed E-state index contributed by atoms with van der Waals surface area (Å²) in [6.07, 6.45) is 6.86. The van der Waals surface area contributed by atoms with Gasteiger partial charge in [-0.25, -0.2) is 4.79 Å². The number of hydrogen-bond acceptors (Lipinski definition) is 2. The molecule has 0 aromatic heterocycles. The van der Waals surface area contributed by atoms with Crippen LogP contribution >= 0.6 is 11.6 Å². The molecule has 32 heavy (non-hydrogen) atoms. The Labute approximate surface area is 196 Å². The predicted octanol–water partition coefficient (Wildman–Crippen LogP) is 6.62. The second-order valence-electron chi connectivity index (χ2n) is 10.4. The fourth-order valence-electron chi connectivity index (χ4n) is 4.72. The first-order valence-corrected chi connectivity index (χ1v) is 11.8. The van der Waals surface area contributed by atoms with E-state index in [0.717, 1.165) is 53.8 Å². The molecule has 174 valence electrons. The Morgan fingerprint density at radius 3 is 2.69 bits per heavy atom. The van der Waals surface area contributed by atoms with E-state index < -0.39 is 11.5 Å². The lowest BCUT2D eigenvalue weighted by atomic mass is 9.68. The van der Waals surface area contributed by atoms with Gasteiger partial charge >= 0.3 is 12.0 Å². The zero-order chi connectivity index (χ0) is 23.7. The summed E-state index contributed by atoms with van der Waals surface area (Å²) in [5.74, 6) is -0.628. The molecule has 6 heteroatoms. The SMILES string of the molecule is C=C(CCC(=O)O)N1C=C2C(C)CCC[C@]2(c2ccc(CCC(C)(C)C)c(Cl)c2)NC1=O. The van der Waals surface area contributed by atoms with E-state index in [0.29, 0.717) is 5.70 Å². The fourth-order valence-corrected chi connectivity index (χ4v) is 5.00. The number of nitrogens with zero attached hydrogens (tertiary/aromatic N) is 1. The van der Waals surface area contributed by atoms with Crippen molar-refractivity contribution in [3.8, 4) is 0 Å². The Hall–Kier alpha value is -2.27. The Bertz CT molecular complexity index is 947. The van der Waals surface area contributed by atoms with E-state index >= 15 is 0 Å². The fraction of sp³-hybridized carbons (Fsp3) is 0.538. The average Bonchev–Trinajstić information content (AvgIpc) is 2.70. The Morgan fingerprint density at radius 2 is 2.06 bits per heavy atom. The first-order chi connectivity index (χ1) is 14.9. The standard InChI is InChI=1S/C26H35ClN2O3/c1-17-7-6-13-26(20-10-9-19(22(27)15-20)12-14-25(3,4)5)21(17)16-29(24(32)28-26)18(2)8-11-23(30)31/h9-10,15-17H,2,6-8,11-14H2,1,3-5H3,(H,28,32)(H,30,31)/t17?,26-/m1/s1. The third kappa shape index (κ3) is 5.20. The molecule has 2 aliphatic rings. The summed E-state index contributed by atoms with van der Waals surface area (Å²) >= 11 is 6.72. The molecule has 2 N–H and O–H groups in total. The molecule has 1 aromatic carbocycles. The summed E-state index contributed by atoms with van der Waals surface area (Å²) in [5, 5.41) is 13.0. The number of carboxylic acids is 1. The molecule has 1 heterocycles. The van der Waals surface area contributed by atoms with Gasteiger partial charge in [0.25, 0.3) is 0 Å². The molecule has 2 amide bonds. The van der Waals surface area contributed by atoms with Crippen LogP contribution in [0, 0.1) is 11.3 Å². The van der Waals surface area contributed by atoms with Gasteiger partial charge in [0.2, 0.25) is 0 Å². The van der Waals surface area contributed by atoms with Crippen molar-refractivity contribution in [1.29, 1.82) is 0 Å². The number of aliphatic carboxylic acids is 1. The molecular formula is C26H35ClN2O3. The van der Waals surface area contributed by atoms with Gasteiger partial charge in [0.15, 0.2) is 0 Å². The third-order valence-electron chi connectivity index (χ3n) is 6.68. The van der Waals surface area contributed by atoms with Crippen LogP contribution in [0.25, 0.3) is 0 Å². The first-order valence-electron chi connectivity index (χ1n) is 11.4. The highest BCUT2D eigenvalue weighted by molar-refractivity contribution is 6.31. The van der Waals surface area contributed by atoms with Crippen LogP contribution in [0.3, 0.4) is 0 Å². The molecule has 0 bridgehead atoms. The molecular weight excluding hydrogens is 424 g/mol. The van der Waals surface area contributed by atoms with E-state index in [1.807, 2.05) is 12.3 Å². The molecule has 1 saturated carbocycles. The average molecular weight is 459 g/mol. The lowest BCUT2D eigenvalue weighted by Crippen LogP contribution is -2.57. The predicted molar refractivity (Wildman–Crippen MR) is 128 cm³/mol. The molecule has 3 rings (SSSR count). The van der Waals surface area contributed by atoms with Gasteiger partial charge < -0.3 is 10.4 Å². The maximum Gasteiger partial charge on any atom is 0.326 e. The van der Waals surface area contributed by atoms with Crippen molar-refractivity contribution >= 4 is 23.6 Å². The van der Waals surface area contributed by atoms with Crippen LogP contribution in [0.4, 0.5) is 4.79 Å². The Kier molecular flexibility index (Phi) is 7.09. The van der Waals surface area contributed by atoms with Crippen molar-refractivity contribution in [1.82, 2.24) is 10.2 Å². The second kappa shape index (κ2) is 9.30. The van der Waals surface area contributed by atoms with Gasteiger partial charge in [0.1, 0.15) is 0 Å². The first kappa shape index (κ1) is 24.4. The maximum atomic E-state index is 13.1. The second-order valence-corrected chi connectivity index (χ2v) is 10.8. The number of allylic oxidation sites excluding steroid dienone is 1. The van der Waals surface area contributed by atoms with E-state index in [-0.39, 0.29) is 30.2 Å². The normalized spacial score (nSPS) is 23.3. The highest BCUT2D eigenvalue weighted by Gasteiger charge is 2.46. The molecule has 0 spiro atoms. The smallest absolute Gasteiger partial charge is 0.326 e. The number of fused-ring (bicyclic) bond motifs is 1. The minimum absolute atomic E-state index is 0.0574. The zero-order valence-corrected chi connectivity index (χ0v) is 20.4. The van der Waals surface area contributed by atoms with Crippen LogP contribution in [0.15, 0.2) is 42.2 Å². The topological polar surface area (TPSA) is 69.6 Å². The van der Waals surface area contributed by atoms with Gasteiger partial charge in [0.05, 0.1) is 12.0 Å². The molecule has 0 radical (unpaired) electrons. The summed E-state index contributed by atoms with van der Waals surface area (Å²) in [6, 6.07) is 5.94. The highest BCUT2D eigenvalue weighted by Crippen LogP contribution is 2.47. The number of carboxylic acid groups (broad SMARTS) is 1. The van der Waals surface area contributed by atoms with Gasteiger partial charge in [-0.2, -0.15) is 0 Å². The van der Waals surface area contributed by atoms with Gasteiger partial charge in [-0.15, -0.1) is 0 Å². The highest BCUT2D eigenvalue weighted by atomic mass is 35.5. The Balaban J connectivity index is 1.95. The number of nitrogens with one attached hydrogen (secondary N) is 1. The number of hydrogen-bond donors (Lipinski definition) is 2. The van der Waals surface area contributed by atoms with Crippen LogP contribution in [-0.4, -0.2) is 22.0 Å². The third-order valence-corrected chi connectivity index (χ3v) is 7.03. The number of carbonyl (C=O) groups excluding carboxylic acids is 1. The molecule has 2 atom stereocenters. The van der Waals surface area contributed by atoms with Crippen LogP contribution in [0.2, 0.25) is 5.02 Å².